The second-order valence-corrected chi connectivity index (χ2v) is 11.8. The van der Waals surface area contributed by atoms with E-state index in [2.05, 4.69) is 4.98 Å². The van der Waals surface area contributed by atoms with Crippen LogP contribution in [0.4, 0.5) is 18.0 Å². The Bertz CT molecular complexity index is 1300. The molecule has 42 heavy (non-hydrogen) atoms. The van der Waals surface area contributed by atoms with Crippen LogP contribution < -0.4 is 10.3 Å². The number of aromatic amines is 1. The summed E-state index contributed by atoms with van der Waals surface area (Å²) in [5.74, 6) is 0.428. The second kappa shape index (κ2) is 13.6. The smallest absolute Gasteiger partial charge is 0.416 e. The van der Waals surface area contributed by atoms with Crippen molar-refractivity contribution in [3.05, 3.63) is 63.6 Å². The SMILES string of the molecule is COc1ccc(CCN([C@H]2C[C@@H](C)N(C(=O)O)[C@H]2COC2CCC(c3cc(C(F)(F)F)cc(=O)[nH]3)CC2)S(=O)O)cc1. The van der Waals surface area contributed by atoms with Gasteiger partial charge in [0.1, 0.15) is 5.75 Å². The number of halogens is 3. The third-order valence-electron chi connectivity index (χ3n) is 8.24. The monoisotopic (exact) mass is 615 g/mol. The maximum absolute atomic E-state index is 13.2. The third kappa shape index (κ3) is 7.71. The number of carbonyl (C=O) groups is 1. The first-order valence-electron chi connectivity index (χ1n) is 13.8. The molecule has 1 amide bonds. The molecule has 4 rings (SSSR count). The summed E-state index contributed by atoms with van der Waals surface area (Å²) in [5, 5.41) is 9.94. The van der Waals surface area contributed by atoms with Crippen LogP contribution in [-0.2, 0) is 28.6 Å². The molecular formula is C28H36F3N3O7S. The molecule has 0 bridgehead atoms. The lowest BCUT2D eigenvalue weighted by molar-refractivity contribution is -0.137. The summed E-state index contributed by atoms with van der Waals surface area (Å²) in [5.41, 5.74) is -0.606. The van der Waals surface area contributed by atoms with E-state index >= 15 is 0 Å². The number of benzene rings is 1. The van der Waals surface area contributed by atoms with Crippen LogP contribution in [0.15, 0.2) is 41.2 Å². The van der Waals surface area contributed by atoms with E-state index in [1.54, 1.807) is 26.2 Å². The molecule has 1 aliphatic heterocycles. The van der Waals surface area contributed by atoms with Crippen LogP contribution in [0.3, 0.4) is 0 Å². The highest BCUT2D eigenvalue weighted by atomic mass is 32.2. The Kier molecular flexibility index (Phi) is 10.3. The van der Waals surface area contributed by atoms with E-state index in [0.29, 0.717) is 50.3 Å². The van der Waals surface area contributed by atoms with E-state index < -0.39 is 52.8 Å². The van der Waals surface area contributed by atoms with E-state index in [0.717, 1.165) is 11.6 Å². The van der Waals surface area contributed by atoms with Crippen LogP contribution in [0.25, 0.3) is 0 Å². The molecule has 1 aliphatic carbocycles. The number of nitrogens with zero attached hydrogens (tertiary/aromatic N) is 2. The van der Waals surface area contributed by atoms with E-state index in [1.807, 2.05) is 12.1 Å². The minimum Gasteiger partial charge on any atom is -0.497 e. The summed E-state index contributed by atoms with van der Waals surface area (Å²) in [6.07, 6.45) is -3.21. The Morgan fingerprint density at radius 2 is 1.83 bits per heavy atom. The summed E-state index contributed by atoms with van der Waals surface area (Å²) in [7, 11) is 1.56. The van der Waals surface area contributed by atoms with Crippen LogP contribution in [-0.4, -0.2) is 78.6 Å². The fraction of sp³-hybridized carbons (Fsp3) is 0.571. The molecule has 4 atom stereocenters. The first-order valence-corrected chi connectivity index (χ1v) is 14.9. The maximum Gasteiger partial charge on any atom is 0.416 e. The quantitative estimate of drug-likeness (QED) is 0.332. The number of pyridine rings is 1. The number of alkyl halides is 3. The lowest BCUT2D eigenvalue weighted by Crippen LogP contribution is -2.51. The van der Waals surface area contributed by atoms with Crippen molar-refractivity contribution in [1.82, 2.24) is 14.2 Å². The number of nitrogens with one attached hydrogen (secondary N) is 1. The van der Waals surface area contributed by atoms with Crippen molar-refractivity contribution in [1.29, 1.82) is 0 Å². The van der Waals surface area contributed by atoms with Crippen molar-refractivity contribution in [2.75, 3.05) is 20.3 Å². The molecule has 1 aromatic carbocycles. The van der Waals surface area contributed by atoms with Gasteiger partial charge in [0.15, 0.2) is 0 Å². The molecule has 2 heterocycles. The summed E-state index contributed by atoms with van der Waals surface area (Å²) >= 11 is -2.36. The number of hydrogen-bond donors (Lipinski definition) is 3. The molecule has 0 spiro atoms. The van der Waals surface area contributed by atoms with Crippen molar-refractivity contribution in [2.24, 2.45) is 0 Å². The number of H-pyrrole nitrogens is 1. The Labute approximate surface area is 244 Å². The van der Waals surface area contributed by atoms with Crippen LogP contribution in [0.1, 0.15) is 61.8 Å². The lowest BCUT2D eigenvalue weighted by Gasteiger charge is -2.34. The van der Waals surface area contributed by atoms with Crippen molar-refractivity contribution in [3.63, 3.8) is 0 Å². The number of hydrogen-bond acceptors (Lipinski definition) is 5. The van der Waals surface area contributed by atoms with Crippen molar-refractivity contribution >= 4 is 17.4 Å². The predicted octanol–water partition coefficient (Wildman–Crippen LogP) is 4.64. The minimum absolute atomic E-state index is 0.00721. The number of amides is 1. The van der Waals surface area contributed by atoms with Gasteiger partial charge in [-0.05, 0) is 75.1 Å². The number of carboxylic acid groups (broad SMARTS) is 1. The molecule has 0 radical (unpaired) electrons. The zero-order valence-electron chi connectivity index (χ0n) is 23.4. The molecule has 2 aliphatic rings. The van der Waals surface area contributed by atoms with Crippen LogP contribution >= 0.6 is 0 Å². The van der Waals surface area contributed by atoms with Crippen LogP contribution in [0, 0.1) is 0 Å². The molecule has 1 aromatic heterocycles. The van der Waals surface area contributed by atoms with Crippen molar-refractivity contribution < 1.29 is 41.3 Å². The van der Waals surface area contributed by atoms with Gasteiger partial charge >= 0.3 is 12.3 Å². The highest BCUT2D eigenvalue weighted by Crippen LogP contribution is 2.37. The molecule has 10 nitrogen and oxygen atoms in total. The van der Waals surface area contributed by atoms with Gasteiger partial charge in [-0.2, -0.15) is 17.5 Å². The molecule has 3 N–H and O–H groups in total. The summed E-state index contributed by atoms with van der Waals surface area (Å²) < 4.78 is 74.9. The molecule has 2 fully saturated rings. The largest absolute Gasteiger partial charge is 0.497 e. The second-order valence-electron chi connectivity index (χ2n) is 10.9. The van der Waals surface area contributed by atoms with Gasteiger partial charge in [-0.3, -0.25) is 14.2 Å². The Hall–Kier alpha value is -2.94. The average molecular weight is 616 g/mol. The van der Waals surface area contributed by atoms with Gasteiger partial charge in [0.25, 0.3) is 0 Å². The van der Waals surface area contributed by atoms with E-state index in [9.17, 15) is 36.6 Å². The fourth-order valence-electron chi connectivity index (χ4n) is 6.08. The van der Waals surface area contributed by atoms with Crippen LogP contribution in [0.2, 0.25) is 0 Å². The summed E-state index contributed by atoms with van der Waals surface area (Å²) in [6.45, 7) is 1.98. The van der Waals surface area contributed by atoms with E-state index in [4.69, 9.17) is 9.47 Å². The highest BCUT2D eigenvalue weighted by molar-refractivity contribution is 7.76. The van der Waals surface area contributed by atoms with Gasteiger partial charge in [-0.25, -0.2) is 9.00 Å². The van der Waals surface area contributed by atoms with E-state index in [-0.39, 0.29) is 30.9 Å². The number of aromatic nitrogens is 1. The number of methoxy groups -OCH3 is 1. The molecular weight excluding hydrogens is 579 g/mol. The topological polar surface area (TPSA) is 132 Å². The fourth-order valence-corrected chi connectivity index (χ4v) is 6.78. The molecule has 1 unspecified atom stereocenters. The van der Waals surface area contributed by atoms with Gasteiger partial charge in [0.2, 0.25) is 16.8 Å². The number of likely N-dealkylation sites (tertiary alicyclic amines) is 1. The number of rotatable bonds is 10. The Morgan fingerprint density at radius 3 is 2.40 bits per heavy atom. The normalized spacial score (nSPS) is 25.5. The van der Waals surface area contributed by atoms with Gasteiger partial charge < -0.3 is 19.6 Å². The average Bonchev–Trinajstić information content (AvgIpc) is 3.27. The Balaban J connectivity index is 1.40. The van der Waals surface area contributed by atoms with Gasteiger partial charge in [-0.1, -0.05) is 12.1 Å². The molecule has 14 heteroatoms. The Morgan fingerprint density at radius 1 is 1.17 bits per heavy atom. The third-order valence-corrected chi connectivity index (χ3v) is 9.09. The molecule has 2 aromatic rings. The van der Waals surface area contributed by atoms with Crippen molar-refractivity contribution in [2.45, 2.75) is 81.8 Å². The molecule has 1 saturated heterocycles. The van der Waals surface area contributed by atoms with E-state index in [1.165, 1.54) is 9.21 Å². The maximum atomic E-state index is 13.2. The summed E-state index contributed by atoms with van der Waals surface area (Å²) in [6, 6.07) is 7.21. The predicted molar refractivity (Wildman–Crippen MR) is 149 cm³/mol. The molecule has 232 valence electrons. The zero-order chi connectivity index (χ0) is 30.6. The van der Waals surface area contributed by atoms with Gasteiger partial charge in [0, 0.05) is 30.4 Å². The first kappa shape index (κ1) is 32.0. The first-order chi connectivity index (χ1) is 19.9. The summed E-state index contributed by atoms with van der Waals surface area (Å²) in [4.78, 5) is 27.8. The van der Waals surface area contributed by atoms with Crippen molar-refractivity contribution in [3.8, 4) is 5.75 Å². The molecule has 1 saturated carbocycles. The number of ether oxygens (including phenoxy) is 2. The lowest BCUT2D eigenvalue weighted by atomic mass is 9.84. The zero-order valence-corrected chi connectivity index (χ0v) is 24.2. The minimum atomic E-state index is -4.62. The van der Waals surface area contributed by atoms with Crippen LogP contribution in [0.5, 0.6) is 5.75 Å². The standard InChI is InChI=1S/C28H36F3N3O7S/c1-17-13-24(33(42(38)39)12-11-18-3-7-21(40-2)8-4-18)25(34(17)27(36)37)16-41-22-9-5-19(6-10-22)23-14-20(28(29,30)31)15-26(35)32-23/h3-4,7-8,14-15,17,19,22,24-25H,5-6,9-13,16H2,1-2H3,(H,32,35)(H,36,37)(H,38,39)/t17-,19?,22?,24+,25+/m1/s1. The highest BCUT2D eigenvalue weighted by Gasteiger charge is 2.46. The van der Waals surface area contributed by atoms with Gasteiger partial charge in [-0.15, -0.1) is 0 Å². The van der Waals surface area contributed by atoms with Gasteiger partial charge in [0.05, 0.1) is 31.4 Å².